The fourth-order valence-electron chi connectivity index (χ4n) is 3.23. The summed E-state index contributed by atoms with van der Waals surface area (Å²) >= 11 is 0. The number of anilines is 1. The highest BCUT2D eigenvalue weighted by atomic mass is 32.2. The van der Waals surface area contributed by atoms with Gasteiger partial charge in [0.2, 0.25) is 10.0 Å². The topological polar surface area (TPSA) is 92.5 Å². The van der Waals surface area contributed by atoms with Crippen LogP contribution in [0.4, 0.5) is 5.69 Å². The van der Waals surface area contributed by atoms with E-state index in [4.69, 9.17) is 4.42 Å². The van der Waals surface area contributed by atoms with Crippen molar-refractivity contribution in [2.45, 2.75) is 24.7 Å². The molecule has 8 heteroatoms. The zero-order valence-electron chi connectivity index (χ0n) is 14.8. The average Bonchev–Trinajstić information content (AvgIpc) is 3.32. The van der Waals surface area contributed by atoms with Crippen LogP contribution in [-0.4, -0.2) is 36.7 Å². The second kappa shape index (κ2) is 6.79. The SMILES string of the molecule is Cc1oc(C(=O)Nc2cnc3ccccc3c2)cc1S(=O)(=O)N1CCCC1. The maximum Gasteiger partial charge on any atom is 0.291 e. The first-order valence-corrected chi connectivity index (χ1v) is 10.2. The van der Waals surface area contributed by atoms with Gasteiger partial charge in [-0.05, 0) is 31.9 Å². The molecule has 3 heterocycles. The van der Waals surface area contributed by atoms with Crippen LogP contribution in [0, 0.1) is 6.92 Å². The van der Waals surface area contributed by atoms with Crippen LogP contribution in [0.5, 0.6) is 0 Å². The first-order chi connectivity index (χ1) is 12.9. The number of furan rings is 1. The van der Waals surface area contributed by atoms with E-state index in [1.165, 1.54) is 10.4 Å². The standard InChI is InChI=1S/C19H19N3O4S/c1-13-18(27(24,25)22-8-4-5-9-22)11-17(26-13)19(23)21-15-10-14-6-2-3-7-16(14)20-12-15/h2-3,6-7,10-12H,4-5,8-9H2,1H3,(H,21,23). The maximum absolute atomic E-state index is 12.7. The van der Waals surface area contributed by atoms with Crippen LogP contribution in [0.2, 0.25) is 0 Å². The minimum absolute atomic E-state index is 0.0431. The van der Waals surface area contributed by atoms with E-state index in [1.54, 1.807) is 19.2 Å². The van der Waals surface area contributed by atoms with Gasteiger partial charge < -0.3 is 9.73 Å². The monoisotopic (exact) mass is 385 g/mol. The molecule has 1 fully saturated rings. The number of amides is 1. The Bertz CT molecular complexity index is 1110. The molecule has 1 aliphatic heterocycles. The lowest BCUT2D eigenvalue weighted by Gasteiger charge is -2.14. The second-order valence-electron chi connectivity index (χ2n) is 6.51. The van der Waals surface area contributed by atoms with Crippen LogP contribution < -0.4 is 5.32 Å². The molecule has 0 unspecified atom stereocenters. The largest absolute Gasteiger partial charge is 0.455 e. The van der Waals surface area contributed by atoms with Crippen LogP contribution in [-0.2, 0) is 10.0 Å². The number of carbonyl (C=O) groups is 1. The third-order valence-corrected chi connectivity index (χ3v) is 6.63. The molecule has 1 aromatic carbocycles. The van der Waals surface area contributed by atoms with E-state index >= 15 is 0 Å². The van der Waals surface area contributed by atoms with Crippen molar-refractivity contribution in [2.75, 3.05) is 18.4 Å². The summed E-state index contributed by atoms with van der Waals surface area (Å²) in [5.41, 5.74) is 1.33. The molecule has 0 radical (unpaired) electrons. The number of hydrogen-bond acceptors (Lipinski definition) is 5. The van der Waals surface area contributed by atoms with E-state index in [9.17, 15) is 13.2 Å². The lowest BCUT2D eigenvalue weighted by Crippen LogP contribution is -2.28. The highest BCUT2D eigenvalue weighted by Crippen LogP contribution is 2.27. The van der Waals surface area contributed by atoms with Crippen molar-refractivity contribution < 1.29 is 17.6 Å². The van der Waals surface area contributed by atoms with Gasteiger partial charge in [0.1, 0.15) is 10.7 Å². The number of nitrogens with one attached hydrogen (secondary N) is 1. The number of aryl methyl sites for hydroxylation is 1. The first kappa shape index (κ1) is 17.7. The predicted molar refractivity (Wildman–Crippen MR) is 101 cm³/mol. The second-order valence-corrected chi connectivity index (χ2v) is 8.42. The van der Waals surface area contributed by atoms with Crippen molar-refractivity contribution in [1.82, 2.24) is 9.29 Å². The van der Waals surface area contributed by atoms with Crippen LogP contribution in [0.1, 0.15) is 29.2 Å². The van der Waals surface area contributed by atoms with Gasteiger partial charge in [-0.2, -0.15) is 4.31 Å². The molecule has 1 saturated heterocycles. The molecule has 1 N–H and O–H groups in total. The average molecular weight is 385 g/mol. The van der Waals surface area contributed by atoms with Gasteiger partial charge in [-0.25, -0.2) is 8.42 Å². The molecule has 3 aromatic rings. The normalized spacial score (nSPS) is 15.3. The maximum atomic E-state index is 12.7. The summed E-state index contributed by atoms with van der Waals surface area (Å²) in [7, 11) is -3.64. The molecular weight excluding hydrogens is 366 g/mol. The van der Waals surface area contributed by atoms with Crippen molar-refractivity contribution in [2.24, 2.45) is 0 Å². The summed E-state index contributed by atoms with van der Waals surface area (Å²) in [4.78, 5) is 16.9. The summed E-state index contributed by atoms with van der Waals surface area (Å²) < 4.78 is 32.3. The molecule has 27 heavy (non-hydrogen) atoms. The Labute approximate surface area is 157 Å². The van der Waals surface area contributed by atoms with E-state index in [-0.39, 0.29) is 16.4 Å². The quantitative estimate of drug-likeness (QED) is 0.745. The minimum atomic E-state index is -3.64. The minimum Gasteiger partial charge on any atom is -0.455 e. The molecule has 0 spiro atoms. The van der Waals surface area contributed by atoms with Crippen molar-refractivity contribution in [3.05, 3.63) is 54.1 Å². The predicted octanol–water partition coefficient (Wildman–Crippen LogP) is 3.17. The Morgan fingerprint density at radius 2 is 1.93 bits per heavy atom. The third kappa shape index (κ3) is 3.33. The zero-order valence-corrected chi connectivity index (χ0v) is 15.6. The smallest absolute Gasteiger partial charge is 0.291 e. The number of para-hydroxylation sites is 1. The summed E-state index contributed by atoms with van der Waals surface area (Å²) in [6.07, 6.45) is 3.24. The molecular formula is C19H19N3O4S. The van der Waals surface area contributed by atoms with Crippen LogP contribution in [0.25, 0.3) is 10.9 Å². The summed E-state index contributed by atoms with van der Waals surface area (Å²) in [5.74, 6) is -0.347. The van der Waals surface area contributed by atoms with Crippen molar-refractivity contribution in [3.63, 3.8) is 0 Å². The molecule has 0 atom stereocenters. The van der Waals surface area contributed by atoms with Crippen LogP contribution >= 0.6 is 0 Å². The third-order valence-electron chi connectivity index (χ3n) is 4.63. The van der Waals surface area contributed by atoms with E-state index < -0.39 is 15.9 Å². The molecule has 1 aliphatic rings. The highest BCUT2D eigenvalue weighted by molar-refractivity contribution is 7.89. The number of aromatic nitrogens is 1. The molecule has 4 rings (SSSR count). The highest BCUT2D eigenvalue weighted by Gasteiger charge is 2.31. The Balaban J connectivity index is 1.58. The lowest BCUT2D eigenvalue weighted by atomic mass is 10.2. The number of fused-ring (bicyclic) bond motifs is 1. The fourth-order valence-corrected chi connectivity index (χ4v) is 4.91. The van der Waals surface area contributed by atoms with Crippen molar-refractivity contribution in [3.8, 4) is 0 Å². The number of rotatable bonds is 4. The molecule has 0 aliphatic carbocycles. The molecule has 7 nitrogen and oxygen atoms in total. The van der Waals surface area contributed by atoms with E-state index in [0.717, 1.165) is 23.7 Å². The number of nitrogens with zero attached hydrogens (tertiary/aromatic N) is 2. The Kier molecular flexibility index (Phi) is 4.45. The van der Waals surface area contributed by atoms with Crippen LogP contribution in [0.15, 0.2) is 51.9 Å². The van der Waals surface area contributed by atoms with E-state index in [2.05, 4.69) is 10.3 Å². The van der Waals surface area contributed by atoms with Gasteiger partial charge in [0.05, 0.1) is 17.4 Å². The van der Waals surface area contributed by atoms with Gasteiger partial charge >= 0.3 is 0 Å². The lowest BCUT2D eigenvalue weighted by molar-refractivity contribution is 0.0995. The van der Waals surface area contributed by atoms with E-state index in [1.807, 2.05) is 24.3 Å². The van der Waals surface area contributed by atoms with Gasteiger partial charge in [0, 0.05) is 24.5 Å². The molecule has 0 bridgehead atoms. The summed E-state index contributed by atoms with van der Waals surface area (Å²) in [6.45, 7) is 2.55. The molecule has 0 saturated carbocycles. The summed E-state index contributed by atoms with van der Waals surface area (Å²) in [5, 5.41) is 3.60. The number of sulfonamides is 1. The zero-order chi connectivity index (χ0) is 19.0. The van der Waals surface area contributed by atoms with Gasteiger partial charge in [0.15, 0.2) is 5.76 Å². The molecule has 1 amide bonds. The first-order valence-electron chi connectivity index (χ1n) is 8.72. The van der Waals surface area contributed by atoms with Gasteiger partial charge in [-0.3, -0.25) is 9.78 Å². The number of benzene rings is 1. The van der Waals surface area contributed by atoms with Crippen molar-refractivity contribution in [1.29, 1.82) is 0 Å². The molecule has 2 aromatic heterocycles. The Morgan fingerprint density at radius 1 is 1.19 bits per heavy atom. The number of hydrogen-bond donors (Lipinski definition) is 1. The summed E-state index contributed by atoms with van der Waals surface area (Å²) in [6, 6.07) is 10.7. The molecule has 140 valence electrons. The van der Waals surface area contributed by atoms with Gasteiger partial charge in [-0.1, -0.05) is 18.2 Å². The van der Waals surface area contributed by atoms with Gasteiger partial charge in [0.25, 0.3) is 5.91 Å². The van der Waals surface area contributed by atoms with E-state index in [0.29, 0.717) is 18.8 Å². The van der Waals surface area contributed by atoms with Crippen molar-refractivity contribution >= 4 is 32.5 Å². The Morgan fingerprint density at radius 3 is 2.70 bits per heavy atom. The van der Waals surface area contributed by atoms with Gasteiger partial charge in [-0.15, -0.1) is 0 Å². The number of carbonyl (C=O) groups excluding carboxylic acids is 1. The number of pyridine rings is 1. The Hall–Kier alpha value is -2.71. The van der Waals surface area contributed by atoms with Crippen LogP contribution in [0.3, 0.4) is 0 Å². The fraction of sp³-hybridized carbons (Fsp3) is 0.263.